The van der Waals surface area contributed by atoms with Crippen molar-refractivity contribution >= 4 is 23.6 Å². The number of anilines is 1. The number of nitriles is 1. The van der Waals surface area contributed by atoms with Gasteiger partial charge in [-0.25, -0.2) is 0 Å². The Morgan fingerprint density at radius 3 is 2.61 bits per heavy atom. The highest BCUT2D eigenvalue weighted by Gasteiger charge is 2.11. The van der Waals surface area contributed by atoms with Crippen molar-refractivity contribution in [3.63, 3.8) is 0 Å². The minimum absolute atomic E-state index is 0.0406. The Labute approximate surface area is 162 Å². The molecule has 28 heavy (non-hydrogen) atoms. The first-order valence-corrected chi connectivity index (χ1v) is 8.47. The number of benzene rings is 2. The quantitative estimate of drug-likeness (QED) is 0.551. The second-order valence-corrected chi connectivity index (χ2v) is 6.13. The molecule has 3 rings (SSSR count). The highest BCUT2D eigenvalue weighted by molar-refractivity contribution is 6.09. The molecule has 0 saturated carbocycles. The lowest BCUT2D eigenvalue weighted by Crippen LogP contribution is -2.22. The van der Waals surface area contributed by atoms with Crippen LogP contribution in [-0.4, -0.2) is 16.4 Å². The molecule has 0 aliphatic rings. The van der Waals surface area contributed by atoms with Gasteiger partial charge >= 0.3 is 0 Å². The standard InChI is InChI=1S/C22H17N3O3/c1-15-5-2-7-18(11-15)24-21(26)17(14-23)13-20-9-4-10-25(20)19-8-3-6-16(12-19)22(27)28/h2-13H,1H3,(H,24,26)(H,27,28)/p-1/b17-13+. The van der Waals surface area contributed by atoms with Gasteiger partial charge in [-0.2, -0.15) is 5.26 Å². The molecule has 2 aromatic carbocycles. The largest absolute Gasteiger partial charge is 0.545 e. The van der Waals surface area contributed by atoms with Crippen molar-refractivity contribution in [3.8, 4) is 11.8 Å². The summed E-state index contributed by atoms with van der Waals surface area (Å²) in [5.74, 6) is -1.80. The van der Waals surface area contributed by atoms with Gasteiger partial charge in [0, 0.05) is 23.3 Å². The molecule has 138 valence electrons. The SMILES string of the molecule is Cc1cccc(NC(=O)/C(C#N)=C/c2cccn2-c2cccc(C(=O)[O-])c2)c1. The zero-order chi connectivity index (χ0) is 20.1. The third kappa shape index (κ3) is 4.17. The van der Waals surface area contributed by atoms with Gasteiger partial charge in [-0.1, -0.05) is 24.3 Å². The number of hydrogen-bond acceptors (Lipinski definition) is 4. The van der Waals surface area contributed by atoms with E-state index in [1.165, 1.54) is 18.2 Å². The van der Waals surface area contributed by atoms with E-state index in [9.17, 15) is 20.0 Å². The van der Waals surface area contributed by atoms with E-state index in [1.54, 1.807) is 47.2 Å². The molecule has 0 fully saturated rings. The van der Waals surface area contributed by atoms with E-state index in [4.69, 9.17) is 0 Å². The van der Waals surface area contributed by atoms with Gasteiger partial charge in [0.2, 0.25) is 0 Å². The average Bonchev–Trinajstić information content (AvgIpc) is 3.14. The number of carboxylic acids is 1. The lowest BCUT2D eigenvalue weighted by Gasteiger charge is -2.10. The summed E-state index contributed by atoms with van der Waals surface area (Å²) in [6.45, 7) is 1.91. The monoisotopic (exact) mass is 370 g/mol. The number of amides is 1. The minimum atomic E-state index is -1.28. The normalized spacial score (nSPS) is 10.9. The van der Waals surface area contributed by atoms with Crippen LogP contribution in [0.15, 0.2) is 72.4 Å². The number of nitrogens with zero attached hydrogens (tertiary/aromatic N) is 2. The summed E-state index contributed by atoms with van der Waals surface area (Å²) < 4.78 is 1.68. The molecule has 1 heterocycles. The second kappa shape index (κ2) is 8.06. The number of carboxylic acid groups (broad SMARTS) is 1. The Morgan fingerprint density at radius 2 is 1.89 bits per heavy atom. The molecule has 0 unspecified atom stereocenters. The van der Waals surface area contributed by atoms with E-state index < -0.39 is 11.9 Å². The van der Waals surface area contributed by atoms with Crippen molar-refractivity contribution in [1.82, 2.24) is 4.57 Å². The number of hydrogen-bond donors (Lipinski definition) is 1. The summed E-state index contributed by atoms with van der Waals surface area (Å²) in [5.41, 5.74) is 2.70. The van der Waals surface area contributed by atoms with Crippen LogP contribution < -0.4 is 10.4 Å². The predicted octanol–water partition coefficient (Wildman–Crippen LogP) is 2.69. The molecule has 0 aliphatic heterocycles. The van der Waals surface area contributed by atoms with E-state index >= 15 is 0 Å². The maximum atomic E-state index is 12.5. The summed E-state index contributed by atoms with van der Waals surface area (Å²) in [6.07, 6.45) is 3.17. The molecule has 1 amide bonds. The van der Waals surface area contributed by atoms with E-state index in [1.807, 2.05) is 25.1 Å². The van der Waals surface area contributed by atoms with Crippen molar-refractivity contribution in [3.05, 3.63) is 89.3 Å². The van der Waals surface area contributed by atoms with Gasteiger partial charge in [0.25, 0.3) is 5.91 Å². The van der Waals surface area contributed by atoms with Crippen LogP contribution in [0.2, 0.25) is 0 Å². The number of rotatable bonds is 5. The Morgan fingerprint density at radius 1 is 1.11 bits per heavy atom. The summed E-state index contributed by atoms with van der Waals surface area (Å²) in [5, 5.41) is 23.2. The predicted molar refractivity (Wildman–Crippen MR) is 103 cm³/mol. The first-order valence-electron chi connectivity index (χ1n) is 8.47. The van der Waals surface area contributed by atoms with Crippen molar-refractivity contribution < 1.29 is 14.7 Å². The Bertz CT molecular complexity index is 1120. The minimum Gasteiger partial charge on any atom is -0.545 e. The van der Waals surface area contributed by atoms with E-state index in [0.717, 1.165) is 5.56 Å². The summed E-state index contributed by atoms with van der Waals surface area (Å²) in [6, 6.07) is 18.9. The molecule has 0 radical (unpaired) electrons. The van der Waals surface area contributed by atoms with Crippen LogP contribution in [0.1, 0.15) is 21.6 Å². The van der Waals surface area contributed by atoms with Gasteiger partial charge in [-0.05, 0) is 60.5 Å². The Hall–Kier alpha value is -4.11. The zero-order valence-electron chi connectivity index (χ0n) is 15.0. The molecule has 0 saturated heterocycles. The Balaban J connectivity index is 1.91. The summed E-state index contributed by atoms with van der Waals surface area (Å²) in [7, 11) is 0. The first kappa shape index (κ1) is 18.7. The van der Waals surface area contributed by atoms with Gasteiger partial charge in [0.15, 0.2) is 0 Å². The van der Waals surface area contributed by atoms with E-state index in [2.05, 4.69) is 5.32 Å². The van der Waals surface area contributed by atoms with E-state index in [0.29, 0.717) is 17.1 Å². The number of aryl methyl sites for hydroxylation is 1. The molecule has 6 nitrogen and oxygen atoms in total. The molecule has 0 bridgehead atoms. The smallest absolute Gasteiger partial charge is 0.266 e. The molecule has 0 aliphatic carbocycles. The van der Waals surface area contributed by atoms with Crippen LogP contribution in [-0.2, 0) is 4.79 Å². The van der Waals surface area contributed by atoms with Crippen LogP contribution in [0.5, 0.6) is 0 Å². The molecule has 1 aromatic heterocycles. The molecule has 6 heteroatoms. The average molecular weight is 370 g/mol. The first-order chi connectivity index (χ1) is 13.5. The number of aromatic nitrogens is 1. The van der Waals surface area contributed by atoms with Gasteiger partial charge in [0.05, 0.1) is 5.97 Å². The van der Waals surface area contributed by atoms with Crippen molar-refractivity contribution in [2.24, 2.45) is 0 Å². The fourth-order valence-electron chi connectivity index (χ4n) is 2.75. The molecular weight excluding hydrogens is 354 g/mol. The van der Waals surface area contributed by atoms with Crippen molar-refractivity contribution in [2.75, 3.05) is 5.32 Å². The zero-order valence-corrected chi connectivity index (χ0v) is 15.0. The van der Waals surface area contributed by atoms with Crippen LogP contribution in [0, 0.1) is 18.3 Å². The molecule has 0 spiro atoms. The highest BCUT2D eigenvalue weighted by atomic mass is 16.4. The molecular formula is C22H16N3O3-. The second-order valence-electron chi connectivity index (χ2n) is 6.13. The van der Waals surface area contributed by atoms with Crippen LogP contribution >= 0.6 is 0 Å². The van der Waals surface area contributed by atoms with Crippen molar-refractivity contribution in [2.45, 2.75) is 6.92 Å². The van der Waals surface area contributed by atoms with Crippen LogP contribution in [0.4, 0.5) is 5.69 Å². The number of carbonyl (C=O) groups is 2. The van der Waals surface area contributed by atoms with E-state index in [-0.39, 0.29) is 11.1 Å². The number of aromatic carboxylic acids is 1. The van der Waals surface area contributed by atoms with Gasteiger partial charge in [-0.15, -0.1) is 0 Å². The van der Waals surface area contributed by atoms with Crippen LogP contribution in [0.3, 0.4) is 0 Å². The van der Waals surface area contributed by atoms with Gasteiger partial charge < -0.3 is 19.8 Å². The third-order valence-corrected chi connectivity index (χ3v) is 4.07. The van der Waals surface area contributed by atoms with Gasteiger partial charge in [0.1, 0.15) is 11.6 Å². The fourth-order valence-corrected chi connectivity index (χ4v) is 2.75. The maximum absolute atomic E-state index is 12.5. The highest BCUT2D eigenvalue weighted by Crippen LogP contribution is 2.18. The Kier molecular flexibility index (Phi) is 5.38. The molecule has 1 N–H and O–H groups in total. The van der Waals surface area contributed by atoms with Crippen molar-refractivity contribution in [1.29, 1.82) is 5.26 Å². The fraction of sp³-hybridized carbons (Fsp3) is 0.0455. The lowest BCUT2D eigenvalue weighted by molar-refractivity contribution is -0.255. The molecule has 3 aromatic rings. The number of carbonyl (C=O) groups excluding carboxylic acids is 2. The lowest BCUT2D eigenvalue weighted by atomic mass is 10.1. The maximum Gasteiger partial charge on any atom is 0.266 e. The summed E-state index contributed by atoms with van der Waals surface area (Å²) in [4.78, 5) is 23.6. The topological polar surface area (TPSA) is 98.0 Å². The number of nitrogens with one attached hydrogen (secondary N) is 1. The summed E-state index contributed by atoms with van der Waals surface area (Å²) >= 11 is 0. The van der Waals surface area contributed by atoms with Gasteiger partial charge in [-0.3, -0.25) is 4.79 Å². The van der Waals surface area contributed by atoms with Crippen LogP contribution in [0.25, 0.3) is 11.8 Å². The third-order valence-electron chi connectivity index (χ3n) is 4.07. The molecule has 0 atom stereocenters.